The minimum absolute atomic E-state index is 0.0580. The van der Waals surface area contributed by atoms with Crippen molar-refractivity contribution in [1.29, 1.82) is 0 Å². The van der Waals surface area contributed by atoms with E-state index in [2.05, 4.69) is 10.4 Å². The van der Waals surface area contributed by atoms with Crippen LogP contribution in [0.4, 0.5) is 0 Å². The number of aromatic nitrogens is 2. The van der Waals surface area contributed by atoms with Gasteiger partial charge in [-0.1, -0.05) is 18.9 Å². The summed E-state index contributed by atoms with van der Waals surface area (Å²) in [4.78, 5) is 26.9. The summed E-state index contributed by atoms with van der Waals surface area (Å²) < 4.78 is 7.07. The summed E-state index contributed by atoms with van der Waals surface area (Å²) in [6.45, 7) is 2.09. The molecule has 1 N–H and O–H groups in total. The number of nitrogens with zero attached hydrogens (tertiary/aromatic N) is 3. The van der Waals surface area contributed by atoms with E-state index in [4.69, 9.17) is 4.74 Å². The van der Waals surface area contributed by atoms with Gasteiger partial charge in [0.2, 0.25) is 5.91 Å². The van der Waals surface area contributed by atoms with E-state index >= 15 is 0 Å². The summed E-state index contributed by atoms with van der Waals surface area (Å²) in [7, 11) is 1.61. The molecule has 2 atom stereocenters. The van der Waals surface area contributed by atoms with Gasteiger partial charge in [0.15, 0.2) is 5.69 Å². The lowest BCUT2D eigenvalue weighted by atomic mass is 9.87. The molecule has 2 fully saturated rings. The summed E-state index contributed by atoms with van der Waals surface area (Å²) in [6.07, 6.45) is 5.77. The molecule has 2 aliphatic rings. The van der Waals surface area contributed by atoms with E-state index in [0.29, 0.717) is 11.4 Å². The van der Waals surface area contributed by atoms with Crippen LogP contribution in [0.2, 0.25) is 0 Å². The molecular formula is C20H24N4O3. The van der Waals surface area contributed by atoms with Crippen molar-refractivity contribution in [3.05, 3.63) is 41.7 Å². The zero-order valence-electron chi connectivity index (χ0n) is 15.6. The zero-order chi connectivity index (χ0) is 19.0. The quantitative estimate of drug-likeness (QED) is 0.900. The topological polar surface area (TPSA) is 76.5 Å². The first-order valence-corrected chi connectivity index (χ1v) is 9.38. The molecule has 142 valence electrons. The molecule has 1 aromatic carbocycles. The van der Waals surface area contributed by atoms with Gasteiger partial charge in [0, 0.05) is 12.2 Å². The maximum Gasteiger partial charge on any atom is 0.275 e. The van der Waals surface area contributed by atoms with Crippen molar-refractivity contribution in [2.75, 3.05) is 13.7 Å². The fourth-order valence-corrected chi connectivity index (χ4v) is 4.10. The number of carbonyl (C=O) groups excluding carboxylic acids is 2. The van der Waals surface area contributed by atoms with Gasteiger partial charge in [0.05, 0.1) is 13.2 Å². The van der Waals surface area contributed by atoms with Gasteiger partial charge in [-0.05, 0) is 43.5 Å². The molecule has 1 saturated heterocycles. The third-order valence-electron chi connectivity index (χ3n) is 5.44. The van der Waals surface area contributed by atoms with Gasteiger partial charge in [-0.15, -0.1) is 0 Å². The first kappa shape index (κ1) is 17.6. The van der Waals surface area contributed by atoms with Crippen molar-refractivity contribution in [3.63, 3.8) is 0 Å². The van der Waals surface area contributed by atoms with Crippen LogP contribution in [0.1, 0.15) is 41.7 Å². The van der Waals surface area contributed by atoms with Crippen LogP contribution in [0, 0.1) is 6.92 Å². The zero-order valence-corrected chi connectivity index (χ0v) is 15.6. The van der Waals surface area contributed by atoms with E-state index < -0.39 is 0 Å². The van der Waals surface area contributed by atoms with E-state index in [9.17, 15) is 9.59 Å². The molecule has 0 radical (unpaired) electrons. The first-order chi connectivity index (χ1) is 13.1. The van der Waals surface area contributed by atoms with E-state index in [1.165, 1.54) is 0 Å². The molecule has 0 unspecified atom stereocenters. The standard InChI is InChI=1S/C20H24N4O3/c1-13-7-8-18(27-2)17(11-13)24-10-9-15(22-24)20(26)23-12-19(25)21-14-5-3-4-6-16(14)23/h7-11,14,16H,3-6,12H2,1-2H3,(H,21,25)/t14-,16+/m1/s1. The second kappa shape index (κ2) is 7.06. The van der Waals surface area contributed by atoms with Crippen LogP contribution in [0.3, 0.4) is 0 Å². The number of nitrogens with one attached hydrogen (secondary N) is 1. The molecular weight excluding hydrogens is 344 g/mol. The van der Waals surface area contributed by atoms with Crippen LogP contribution in [-0.2, 0) is 4.79 Å². The number of hydrogen-bond donors (Lipinski definition) is 1. The molecule has 4 rings (SSSR count). The SMILES string of the molecule is COc1ccc(C)cc1-n1ccc(C(=O)N2CC(=O)N[C@@H]3CCCC[C@@H]32)n1. The van der Waals surface area contributed by atoms with Gasteiger partial charge in [0.1, 0.15) is 18.0 Å². The number of fused-ring (bicyclic) bond motifs is 1. The molecule has 1 saturated carbocycles. The monoisotopic (exact) mass is 368 g/mol. The van der Waals surface area contributed by atoms with E-state index in [1.54, 1.807) is 29.0 Å². The highest BCUT2D eigenvalue weighted by molar-refractivity contribution is 5.96. The number of carbonyl (C=O) groups is 2. The Labute approximate surface area is 158 Å². The Hall–Kier alpha value is -2.83. The van der Waals surface area contributed by atoms with Gasteiger partial charge < -0.3 is 15.0 Å². The van der Waals surface area contributed by atoms with Gasteiger partial charge in [-0.2, -0.15) is 5.10 Å². The van der Waals surface area contributed by atoms with Gasteiger partial charge in [-0.25, -0.2) is 4.68 Å². The Balaban J connectivity index is 1.62. The number of ether oxygens (including phenoxy) is 1. The summed E-state index contributed by atoms with van der Waals surface area (Å²) in [5.41, 5.74) is 2.20. The largest absolute Gasteiger partial charge is 0.494 e. The summed E-state index contributed by atoms with van der Waals surface area (Å²) in [5.74, 6) is 0.408. The van der Waals surface area contributed by atoms with Gasteiger partial charge in [0.25, 0.3) is 5.91 Å². The summed E-state index contributed by atoms with van der Waals surface area (Å²) in [5, 5.41) is 7.51. The maximum atomic E-state index is 13.1. The van der Waals surface area contributed by atoms with E-state index in [1.807, 2.05) is 25.1 Å². The third kappa shape index (κ3) is 3.29. The Bertz CT molecular complexity index is 876. The Morgan fingerprint density at radius 1 is 1.26 bits per heavy atom. The Morgan fingerprint density at radius 3 is 2.89 bits per heavy atom. The third-order valence-corrected chi connectivity index (χ3v) is 5.44. The Kier molecular flexibility index (Phi) is 4.59. The normalized spacial score (nSPS) is 22.1. The number of piperazine rings is 1. The first-order valence-electron chi connectivity index (χ1n) is 9.38. The number of methoxy groups -OCH3 is 1. The lowest BCUT2D eigenvalue weighted by molar-refractivity contribution is -0.127. The van der Waals surface area contributed by atoms with E-state index in [0.717, 1.165) is 36.9 Å². The average Bonchev–Trinajstić information content (AvgIpc) is 3.16. The maximum absolute atomic E-state index is 13.1. The van der Waals surface area contributed by atoms with Crippen molar-refractivity contribution in [2.45, 2.75) is 44.7 Å². The molecule has 2 heterocycles. The molecule has 7 nitrogen and oxygen atoms in total. The van der Waals surface area contributed by atoms with Gasteiger partial charge >= 0.3 is 0 Å². The molecule has 7 heteroatoms. The minimum Gasteiger partial charge on any atom is -0.494 e. The highest BCUT2D eigenvalue weighted by Gasteiger charge is 2.39. The number of amides is 2. The van der Waals surface area contributed by atoms with Crippen LogP contribution < -0.4 is 10.1 Å². The van der Waals surface area contributed by atoms with Crippen LogP contribution in [-0.4, -0.2) is 52.2 Å². The highest BCUT2D eigenvalue weighted by Crippen LogP contribution is 2.28. The van der Waals surface area contributed by atoms with Crippen molar-refractivity contribution >= 4 is 11.8 Å². The summed E-state index contributed by atoms with van der Waals surface area (Å²) in [6, 6.07) is 7.63. The van der Waals surface area contributed by atoms with Gasteiger partial charge in [-0.3, -0.25) is 9.59 Å². The number of aryl methyl sites for hydroxylation is 1. The number of benzene rings is 1. The predicted molar refractivity (Wildman–Crippen MR) is 100 cm³/mol. The van der Waals surface area contributed by atoms with Crippen molar-refractivity contribution in [3.8, 4) is 11.4 Å². The fourth-order valence-electron chi connectivity index (χ4n) is 4.10. The average molecular weight is 368 g/mol. The summed E-state index contributed by atoms with van der Waals surface area (Å²) >= 11 is 0. The smallest absolute Gasteiger partial charge is 0.275 e. The fraction of sp³-hybridized carbons (Fsp3) is 0.450. The molecule has 1 aromatic heterocycles. The Morgan fingerprint density at radius 2 is 2.07 bits per heavy atom. The number of hydrogen-bond acceptors (Lipinski definition) is 4. The second-order valence-corrected chi connectivity index (χ2v) is 7.28. The molecule has 1 aliphatic heterocycles. The molecule has 27 heavy (non-hydrogen) atoms. The van der Waals surface area contributed by atoms with Crippen molar-refractivity contribution < 1.29 is 14.3 Å². The number of rotatable bonds is 3. The lowest BCUT2D eigenvalue weighted by Crippen LogP contribution is -2.62. The van der Waals surface area contributed by atoms with Crippen LogP contribution >= 0.6 is 0 Å². The molecule has 0 bridgehead atoms. The van der Waals surface area contributed by atoms with Crippen LogP contribution in [0.25, 0.3) is 5.69 Å². The molecule has 1 aliphatic carbocycles. The lowest BCUT2D eigenvalue weighted by Gasteiger charge is -2.43. The van der Waals surface area contributed by atoms with Crippen molar-refractivity contribution in [2.24, 2.45) is 0 Å². The molecule has 0 spiro atoms. The highest BCUT2D eigenvalue weighted by atomic mass is 16.5. The molecule has 2 aromatic rings. The minimum atomic E-state index is -0.188. The van der Waals surface area contributed by atoms with Crippen LogP contribution in [0.15, 0.2) is 30.5 Å². The van der Waals surface area contributed by atoms with Crippen molar-refractivity contribution in [1.82, 2.24) is 20.0 Å². The molecule has 2 amide bonds. The predicted octanol–water partition coefficient (Wildman–Crippen LogP) is 2.07. The second-order valence-electron chi connectivity index (χ2n) is 7.28. The van der Waals surface area contributed by atoms with E-state index in [-0.39, 0.29) is 30.4 Å². The van der Waals surface area contributed by atoms with Crippen LogP contribution in [0.5, 0.6) is 5.75 Å².